The van der Waals surface area contributed by atoms with E-state index in [1.807, 2.05) is 13.0 Å². The number of methoxy groups -OCH3 is 1. The fourth-order valence-electron chi connectivity index (χ4n) is 1.12. The van der Waals surface area contributed by atoms with Crippen LogP contribution in [-0.2, 0) is 14.3 Å². The third-order valence-electron chi connectivity index (χ3n) is 2.07. The molecule has 0 aliphatic heterocycles. The van der Waals surface area contributed by atoms with Crippen LogP contribution in [0.1, 0.15) is 27.2 Å². The summed E-state index contributed by atoms with van der Waals surface area (Å²) in [5.41, 5.74) is -1.11. The summed E-state index contributed by atoms with van der Waals surface area (Å²) in [7, 11) is 1.55. The summed E-state index contributed by atoms with van der Waals surface area (Å²) in [6.07, 6.45) is 0.211. The van der Waals surface area contributed by atoms with E-state index in [4.69, 9.17) is 14.7 Å². The highest BCUT2D eigenvalue weighted by Crippen LogP contribution is 2.25. The topological polar surface area (TPSA) is 59.3 Å². The standard InChI is InChI=1S/C10H17NO3/c1-5-14-9(12)10(3,7-11)6-8(2)13-4/h8H,5-6H2,1-4H3. The molecule has 0 saturated carbocycles. The first-order chi connectivity index (χ1) is 6.50. The van der Waals surface area contributed by atoms with Crippen molar-refractivity contribution in [3.8, 4) is 6.07 Å². The first-order valence-electron chi connectivity index (χ1n) is 4.61. The smallest absolute Gasteiger partial charge is 0.326 e. The summed E-state index contributed by atoms with van der Waals surface area (Å²) < 4.78 is 9.84. The molecule has 80 valence electrons. The zero-order valence-electron chi connectivity index (χ0n) is 9.16. The Bertz CT molecular complexity index is 234. The third kappa shape index (κ3) is 3.35. The van der Waals surface area contributed by atoms with Crippen LogP contribution in [0.2, 0.25) is 0 Å². The molecule has 0 heterocycles. The molecule has 0 aromatic carbocycles. The maximum Gasteiger partial charge on any atom is 0.326 e. The van der Waals surface area contributed by atoms with Gasteiger partial charge in [0.15, 0.2) is 5.41 Å². The molecule has 4 nitrogen and oxygen atoms in total. The van der Waals surface area contributed by atoms with Crippen LogP contribution in [0, 0.1) is 16.7 Å². The van der Waals surface area contributed by atoms with Crippen molar-refractivity contribution in [2.24, 2.45) is 5.41 Å². The van der Waals surface area contributed by atoms with Gasteiger partial charge in [-0.3, -0.25) is 4.79 Å². The Kier molecular flexibility index (Phi) is 5.18. The minimum atomic E-state index is -1.11. The molecule has 0 rings (SSSR count). The number of carbonyl (C=O) groups is 1. The highest BCUT2D eigenvalue weighted by atomic mass is 16.5. The lowest BCUT2D eigenvalue weighted by molar-refractivity contribution is -0.152. The Balaban J connectivity index is 4.48. The fourth-order valence-corrected chi connectivity index (χ4v) is 1.12. The van der Waals surface area contributed by atoms with E-state index in [2.05, 4.69) is 0 Å². The van der Waals surface area contributed by atoms with E-state index in [-0.39, 0.29) is 12.7 Å². The van der Waals surface area contributed by atoms with Crippen LogP contribution in [0.25, 0.3) is 0 Å². The van der Waals surface area contributed by atoms with Crippen LogP contribution in [-0.4, -0.2) is 25.8 Å². The molecule has 0 saturated heterocycles. The normalized spacial score (nSPS) is 16.5. The summed E-state index contributed by atoms with van der Waals surface area (Å²) in [6, 6.07) is 1.97. The molecule has 0 fully saturated rings. The summed E-state index contributed by atoms with van der Waals surface area (Å²) in [5.74, 6) is -0.480. The largest absolute Gasteiger partial charge is 0.465 e. The maximum absolute atomic E-state index is 11.4. The summed E-state index contributed by atoms with van der Waals surface area (Å²) in [4.78, 5) is 11.4. The molecule has 0 spiro atoms. The first kappa shape index (κ1) is 12.9. The van der Waals surface area contributed by atoms with Crippen molar-refractivity contribution < 1.29 is 14.3 Å². The van der Waals surface area contributed by atoms with E-state index in [1.165, 1.54) is 0 Å². The van der Waals surface area contributed by atoms with Gasteiger partial charge in [-0.2, -0.15) is 5.26 Å². The second kappa shape index (κ2) is 5.61. The zero-order valence-corrected chi connectivity index (χ0v) is 9.16. The van der Waals surface area contributed by atoms with Gasteiger partial charge in [0.1, 0.15) is 0 Å². The summed E-state index contributed by atoms with van der Waals surface area (Å²) >= 11 is 0. The van der Waals surface area contributed by atoms with Crippen molar-refractivity contribution in [2.45, 2.75) is 33.3 Å². The monoisotopic (exact) mass is 199 g/mol. The molecule has 0 amide bonds. The number of rotatable bonds is 5. The van der Waals surface area contributed by atoms with Gasteiger partial charge in [-0.25, -0.2) is 0 Å². The van der Waals surface area contributed by atoms with E-state index in [0.29, 0.717) is 6.42 Å². The number of hydrogen-bond acceptors (Lipinski definition) is 4. The highest BCUT2D eigenvalue weighted by molar-refractivity contribution is 5.79. The van der Waals surface area contributed by atoms with Crippen molar-refractivity contribution >= 4 is 5.97 Å². The number of ether oxygens (including phenoxy) is 2. The van der Waals surface area contributed by atoms with Crippen molar-refractivity contribution in [1.82, 2.24) is 0 Å². The molecule has 0 aromatic heterocycles. The maximum atomic E-state index is 11.4. The van der Waals surface area contributed by atoms with Crippen LogP contribution in [0.5, 0.6) is 0 Å². The van der Waals surface area contributed by atoms with Crippen LogP contribution in [0.4, 0.5) is 0 Å². The molecular weight excluding hydrogens is 182 g/mol. The van der Waals surface area contributed by atoms with Gasteiger partial charge in [-0.15, -0.1) is 0 Å². The van der Waals surface area contributed by atoms with Crippen molar-refractivity contribution in [3.63, 3.8) is 0 Å². The Morgan fingerprint density at radius 3 is 2.57 bits per heavy atom. The van der Waals surface area contributed by atoms with Crippen LogP contribution in [0.3, 0.4) is 0 Å². The molecule has 4 heteroatoms. The Labute approximate surface area is 84.8 Å². The van der Waals surface area contributed by atoms with Crippen molar-refractivity contribution in [2.75, 3.05) is 13.7 Å². The van der Waals surface area contributed by atoms with E-state index >= 15 is 0 Å². The molecule has 0 aromatic rings. The van der Waals surface area contributed by atoms with Crippen LogP contribution >= 0.6 is 0 Å². The molecule has 0 aliphatic rings. The Morgan fingerprint density at radius 2 is 2.21 bits per heavy atom. The third-order valence-corrected chi connectivity index (χ3v) is 2.07. The molecule has 0 bridgehead atoms. The minimum Gasteiger partial charge on any atom is -0.465 e. The van der Waals surface area contributed by atoms with E-state index in [9.17, 15) is 4.79 Å². The number of nitrogens with zero attached hydrogens (tertiary/aromatic N) is 1. The van der Waals surface area contributed by atoms with E-state index in [0.717, 1.165) is 0 Å². The molecule has 2 unspecified atom stereocenters. The van der Waals surface area contributed by atoms with Crippen LogP contribution in [0.15, 0.2) is 0 Å². The quantitative estimate of drug-likeness (QED) is 0.629. The number of carbonyl (C=O) groups excluding carboxylic acids is 1. The highest BCUT2D eigenvalue weighted by Gasteiger charge is 2.36. The predicted octanol–water partition coefficient (Wildman–Crippen LogP) is 1.50. The van der Waals surface area contributed by atoms with Gasteiger partial charge in [0.25, 0.3) is 0 Å². The average molecular weight is 199 g/mol. The summed E-state index contributed by atoms with van der Waals surface area (Å²) in [6.45, 7) is 5.39. The molecular formula is C10H17NO3. The van der Waals surface area contributed by atoms with E-state index < -0.39 is 11.4 Å². The van der Waals surface area contributed by atoms with Gasteiger partial charge < -0.3 is 9.47 Å². The number of esters is 1. The van der Waals surface area contributed by atoms with Crippen molar-refractivity contribution in [3.05, 3.63) is 0 Å². The molecule has 0 aliphatic carbocycles. The van der Waals surface area contributed by atoms with Crippen molar-refractivity contribution in [1.29, 1.82) is 5.26 Å². The van der Waals surface area contributed by atoms with Gasteiger partial charge in [-0.1, -0.05) is 0 Å². The van der Waals surface area contributed by atoms with Gasteiger partial charge in [0.05, 0.1) is 18.8 Å². The lowest BCUT2D eigenvalue weighted by Crippen LogP contribution is -2.32. The zero-order chi connectivity index (χ0) is 11.2. The summed E-state index contributed by atoms with van der Waals surface area (Å²) in [5, 5.41) is 8.92. The van der Waals surface area contributed by atoms with Gasteiger partial charge in [0.2, 0.25) is 0 Å². The predicted molar refractivity (Wildman–Crippen MR) is 51.4 cm³/mol. The number of hydrogen-bond donors (Lipinski definition) is 0. The van der Waals surface area contributed by atoms with Gasteiger partial charge in [0, 0.05) is 13.5 Å². The minimum absolute atomic E-state index is 0.135. The number of nitriles is 1. The van der Waals surface area contributed by atoms with Crippen LogP contribution < -0.4 is 0 Å². The lowest BCUT2D eigenvalue weighted by atomic mass is 9.86. The van der Waals surface area contributed by atoms with E-state index in [1.54, 1.807) is 21.0 Å². The first-order valence-corrected chi connectivity index (χ1v) is 4.61. The average Bonchev–Trinajstić information content (AvgIpc) is 2.17. The molecule has 2 atom stereocenters. The lowest BCUT2D eigenvalue weighted by Gasteiger charge is -2.22. The Hall–Kier alpha value is -1.08. The van der Waals surface area contributed by atoms with Gasteiger partial charge in [-0.05, 0) is 20.8 Å². The molecule has 0 radical (unpaired) electrons. The second-order valence-electron chi connectivity index (χ2n) is 3.41. The molecule has 14 heavy (non-hydrogen) atoms. The Morgan fingerprint density at radius 1 is 1.64 bits per heavy atom. The second-order valence-corrected chi connectivity index (χ2v) is 3.41. The molecule has 0 N–H and O–H groups in total. The van der Waals surface area contributed by atoms with Gasteiger partial charge >= 0.3 is 5.97 Å². The fraction of sp³-hybridized carbons (Fsp3) is 0.800. The SMILES string of the molecule is CCOC(=O)C(C)(C#N)CC(C)OC.